The predicted octanol–water partition coefficient (Wildman–Crippen LogP) is 3.71. The van der Waals surface area contributed by atoms with Crippen molar-refractivity contribution in [2.24, 2.45) is 5.10 Å². The van der Waals surface area contributed by atoms with E-state index in [1.165, 1.54) is 0 Å². The van der Waals surface area contributed by atoms with E-state index in [1.54, 1.807) is 20.4 Å². The van der Waals surface area contributed by atoms with E-state index < -0.39 is 0 Å². The molecule has 3 aromatic rings. The number of nitrogens with one attached hydrogen (secondary N) is 1. The van der Waals surface area contributed by atoms with Crippen molar-refractivity contribution in [3.63, 3.8) is 0 Å². The standard InChI is InChI=1S/C19H20N4O2/c1-12-9-13(2)22-19(21-12)23-20-11-17-16-10-15(24-3)7-5-14(16)6-8-18(17)25-4/h5-11H,1-4H3,(H,21,22,23)/b20-11+. The highest BCUT2D eigenvalue weighted by atomic mass is 16.5. The van der Waals surface area contributed by atoms with E-state index in [2.05, 4.69) is 20.5 Å². The van der Waals surface area contributed by atoms with E-state index in [0.29, 0.717) is 5.95 Å². The number of anilines is 1. The molecule has 128 valence electrons. The number of hydrazone groups is 1. The van der Waals surface area contributed by atoms with Gasteiger partial charge in [0.25, 0.3) is 0 Å². The van der Waals surface area contributed by atoms with Crippen molar-refractivity contribution in [1.82, 2.24) is 9.97 Å². The molecule has 0 saturated heterocycles. The maximum absolute atomic E-state index is 5.48. The van der Waals surface area contributed by atoms with E-state index in [9.17, 15) is 0 Å². The monoisotopic (exact) mass is 336 g/mol. The van der Waals surface area contributed by atoms with Crippen LogP contribution < -0.4 is 14.9 Å². The fourth-order valence-corrected chi connectivity index (χ4v) is 2.67. The van der Waals surface area contributed by atoms with Crippen LogP contribution in [0.3, 0.4) is 0 Å². The maximum Gasteiger partial charge on any atom is 0.243 e. The molecule has 0 bridgehead atoms. The van der Waals surface area contributed by atoms with E-state index >= 15 is 0 Å². The third-order valence-electron chi connectivity index (χ3n) is 3.79. The number of ether oxygens (including phenoxy) is 2. The van der Waals surface area contributed by atoms with Gasteiger partial charge in [0, 0.05) is 17.0 Å². The number of hydrogen-bond acceptors (Lipinski definition) is 6. The van der Waals surface area contributed by atoms with Gasteiger partial charge in [-0.2, -0.15) is 5.10 Å². The van der Waals surface area contributed by atoms with Gasteiger partial charge >= 0.3 is 0 Å². The van der Waals surface area contributed by atoms with Crippen molar-refractivity contribution in [3.8, 4) is 11.5 Å². The minimum atomic E-state index is 0.463. The topological polar surface area (TPSA) is 68.6 Å². The average molecular weight is 336 g/mol. The summed E-state index contributed by atoms with van der Waals surface area (Å²) in [6.45, 7) is 3.84. The molecule has 25 heavy (non-hydrogen) atoms. The fraction of sp³-hybridized carbons (Fsp3) is 0.211. The second kappa shape index (κ2) is 7.17. The molecule has 0 aliphatic heterocycles. The van der Waals surface area contributed by atoms with Crippen molar-refractivity contribution in [3.05, 3.63) is 53.3 Å². The second-order valence-electron chi connectivity index (χ2n) is 5.61. The summed E-state index contributed by atoms with van der Waals surface area (Å²) in [4.78, 5) is 8.62. The van der Waals surface area contributed by atoms with Gasteiger partial charge in [0.1, 0.15) is 11.5 Å². The van der Waals surface area contributed by atoms with Gasteiger partial charge in [-0.05, 0) is 48.9 Å². The quantitative estimate of drug-likeness (QED) is 0.568. The molecule has 1 aromatic heterocycles. The summed E-state index contributed by atoms with van der Waals surface area (Å²) in [5, 5.41) is 6.35. The molecule has 0 spiro atoms. The molecule has 0 atom stereocenters. The Hall–Kier alpha value is -3.15. The van der Waals surface area contributed by atoms with Gasteiger partial charge in [0.05, 0.1) is 20.4 Å². The van der Waals surface area contributed by atoms with Gasteiger partial charge in [-0.3, -0.25) is 0 Å². The van der Waals surface area contributed by atoms with Crippen LogP contribution in [0.2, 0.25) is 0 Å². The van der Waals surface area contributed by atoms with Crippen molar-refractivity contribution < 1.29 is 9.47 Å². The van der Waals surface area contributed by atoms with Crippen LogP contribution in [0.1, 0.15) is 17.0 Å². The molecule has 6 nitrogen and oxygen atoms in total. The Morgan fingerprint density at radius 1 is 0.960 bits per heavy atom. The molecule has 0 unspecified atom stereocenters. The minimum absolute atomic E-state index is 0.463. The van der Waals surface area contributed by atoms with Crippen molar-refractivity contribution >= 4 is 22.9 Å². The number of nitrogens with zero attached hydrogens (tertiary/aromatic N) is 3. The number of hydrogen-bond donors (Lipinski definition) is 1. The third-order valence-corrected chi connectivity index (χ3v) is 3.79. The van der Waals surface area contributed by atoms with Gasteiger partial charge in [-0.25, -0.2) is 15.4 Å². The number of aromatic nitrogens is 2. The van der Waals surface area contributed by atoms with Crippen LogP contribution in [-0.2, 0) is 0 Å². The third kappa shape index (κ3) is 3.68. The molecule has 3 rings (SSSR count). The second-order valence-corrected chi connectivity index (χ2v) is 5.61. The van der Waals surface area contributed by atoms with Crippen molar-refractivity contribution in [2.75, 3.05) is 19.6 Å². The smallest absolute Gasteiger partial charge is 0.243 e. The van der Waals surface area contributed by atoms with Gasteiger partial charge in [-0.1, -0.05) is 12.1 Å². The average Bonchev–Trinajstić information content (AvgIpc) is 2.60. The highest BCUT2D eigenvalue weighted by molar-refractivity contribution is 6.03. The summed E-state index contributed by atoms with van der Waals surface area (Å²) in [6, 6.07) is 11.7. The Labute approximate surface area is 146 Å². The van der Waals surface area contributed by atoms with Crippen LogP contribution in [-0.4, -0.2) is 30.4 Å². The first-order valence-corrected chi connectivity index (χ1v) is 7.87. The maximum atomic E-state index is 5.48. The molecule has 0 aliphatic carbocycles. The summed E-state index contributed by atoms with van der Waals surface area (Å²) < 4.78 is 10.8. The number of methoxy groups -OCH3 is 2. The molecule has 0 fully saturated rings. The molecule has 0 amide bonds. The van der Waals surface area contributed by atoms with Crippen LogP contribution in [0.25, 0.3) is 10.8 Å². The Morgan fingerprint density at radius 2 is 1.68 bits per heavy atom. The molecular formula is C19H20N4O2. The lowest BCUT2D eigenvalue weighted by Crippen LogP contribution is -2.00. The lowest BCUT2D eigenvalue weighted by atomic mass is 10.0. The Balaban J connectivity index is 1.98. The number of fused-ring (bicyclic) bond motifs is 1. The lowest BCUT2D eigenvalue weighted by molar-refractivity contribution is 0.413. The summed E-state index contributed by atoms with van der Waals surface area (Å²) in [6.07, 6.45) is 1.71. The number of aryl methyl sites for hydroxylation is 2. The molecule has 2 aromatic carbocycles. The van der Waals surface area contributed by atoms with Crippen LogP contribution in [0, 0.1) is 13.8 Å². The first-order chi connectivity index (χ1) is 12.1. The van der Waals surface area contributed by atoms with Gasteiger partial charge < -0.3 is 9.47 Å². The molecule has 6 heteroatoms. The largest absolute Gasteiger partial charge is 0.497 e. The summed E-state index contributed by atoms with van der Waals surface area (Å²) in [7, 11) is 3.28. The van der Waals surface area contributed by atoms with Gasteiger partial charge in [0.2, 0.25) is 5.95 Å². The summed E-state index contributed by atoms with van der Waals surface area (Å²) in [5.74, 6) is 1.97. The molecule has 0 radical (unpaired) electrons. The Morgan fingerprint density at radius 3 is 2.36 bits per heavy atom. The highest BCUT2D eigenvalue weighted by Crippen LogP contribution is 2.29. The van der Waals surface area contributed by atoms with E-state index in [0.717, 1.165) is 39.2 Å². The van der Waals surface area contributed by atoms with E-state index in [-0.39, 0.29) is 0 Å². The fourth-order valence-electron chi connectivity index (χ4n) is 2.67. The zero-order chi connectivity index (χ0) is 17.8. The van der Waals surface area contributed by atoms with Crippen molar-refractivity contribution in [1.29, 1.82) is 0 Å². The Kier molecular flexibility index (Phi) is 4.79. The highest BCUT2D eigenvalue weighted by Gasteiger charge is 2.08. The van der Waals surface area contributed by atoms with E-state index in [4.69, 9.17) is 9.47 Å². The van der Waals surface area contributed by atoms with Crippen LogP contribution in [0.4, 0.5) is 5.95 Å². The molecular weight excluding hydrogens is 316 g/mol. The molecule has 1 N–H and O–H groups in total. The van der Waals surface area contributed by atoms with Gasteiger partial charge in [-0.15, -0.1) is 0 Å². The van der Waals surface area contributed by atoms with Crippen molar-refractivity contribution in [2.45, 2.75) is 13.8 Å². The van der Waals surface area contributed by atoms with Crippen LogP contribution >= 0.6 is 0 Å². The number of benzene rings is 2. The van der Waals surface area contributed by atoms with Gasteiger partial charge in [0.15, 0.2) is 0 Å². The Bertz CT molecular complexity index is 913. The van der Waals surface area contributed by atoms with Crippen LogP contribution in [0.5, 0.6) is 11.5 Å². The van der Waals surface area contributed by atoms with Crippen LogP contribution in [0.15, 0.2) is 41.5 Å². The normalized spacial score (nSPS) is 11.0. The molecule has 0 aliphatic rings. The number of rotatable bonds is 5. The molecule has 0 saturated carbocycles. The first-order valence-electron chi connectivity index (χ1n) is 7.87. The van der Waals surface area contributed by atoms with E-state index in [1.807, 2.05) is 50.2 Å². The lowest BCUT2D eigenvalue weighted by Gasteiger charge is -2.10. The molecule has 1 heterocycles. The SMILES string of the molecule is COc1ccc2ccc(OC)c(/C=N/Nc3nc(C)cc(C)n3)c2c1. The summed E-state index contributed by atoms with van der Waals surface area (Å²) >= 11 is 0. The minimum Gasteiger partial charge on any atom is -0.497 e. The zero-order valence-corrected chi connectivity index (χ0v) is 14.7. The summed E-state index contributed by atoms with van der Waals surface area (Å²) in [5.41, 5.74) is 5.51. The predicted molar refractivity (Wildman–Crippen MR) is 99.8 cm³/mol. The first kappa shape index (κ1) is 16.7. The zero-order valence-electron chi connectivity index (χ0n) is 14.7.